The van der Waals surface area contributed by atoms with E-state index in [1.54, 1.807) is 24.0 Å². The van der Waals surface area contributed by atoms with Gasteiger partial charge in [0.25, 0.3) is 0 Å². The summed E-state index contributed by atoms with van der Waals surface area (Å²) in [6, 6.07) is 5.44. The number of hydrogen-bond donors (Lipinski definition) is 1. The van der Waals surface area contributed by atoms with E-state index in [4.69, 9.17) is 0 Å². The van der Waals surface area contributed by atoms with Crippen molar-refractivity contribution in [3.05, 3.63) is 30.1 Å². The van der Waals surface area contributed by atoms with Gasteiger partial charge in [-0.05, 0) is 44.2 Å². The molecule has 1 fully saturated rings. The molecule has 0 aromatic heterocycles. The van der Waals surface area contributed by atoms with Gasteiger partial charge in [-0.25, -0.2) is 4.39 Å². The monoisotopic (exact) mass is 310 g/mol. The van der Waals surface area contributed by atoms with Crippen molar-refractivity contribution in [3.63, 3.8) is 0 Å². The molecule has 1 aromatic rings. The van der Waals surface area contributed by atoms with E-state index in [1.807, 2.05) is 6.26 Å². The van der Waals surface area contributed by atoms with Crippen LogP contribution in [0.3, 0.4) is 0 Å². The third kappa shape index (κ3) is 3.75. The van der Waals surface area contributed by atoms with Crippen molar-refractivity contribution in [2.24, 2.45) is 0 Å². The summed E-state index contributed by atoms with van der Waals surface area (Å²) in [5, 5.41) is 2.60. The Hall–Kier alpha value is -1.56. The standard InChI is InChI=1S/C15H19FN2O2S/c1-10(21-2)14(19)17-13-7-4-8-18(15(13)20)12-6-3-5-11(16)9-12/h3,5-6,9-10,13H,4,7-8H2,1-2H3,(H,17,19)/t10-,13+/m0/s1. The lowest BCUT2D eigenvalue weighted by Gasteiger charge is -2.33. The van der Waals surface area contributed by atoms with E-state index in [0.717, 1.165) is 6.42 Å². The van der Waals surface area contributed by atoms with Crippen molar-refractivity contribution in [3.8, 4) is 0 Å². The van der Waals surface area contributed by atoms with E-state index in [1.165, 1.54) is 23.9 Å². The molecule has 1 aliphatic heterocycles. The van der Waals surface area contributed by atoms with Gasteiger partial charge in [-0.3, -0.25) is 9.59 Å². The number of halogens is 1. The first-order valence-corrected chi connectivity index (χ1v) is 8.22. The van der Waals surface area contributed by atoms with Crippen molar-refractivity contribution in [2.45, 2.75) is 31.1 Å². The fourth-order valence-electron chi connectivity index (χ4n) is 2.31. The average molecular weight is 310 g/mol. The molecule has 1 heterocycles. The number of piperidine rings is 1. The zero-order chi connectivity index (χ0) is 15.4. The van der Waals surface area contributed by atoms with Gasteiger partial charge in [-0.2, -0.15) is 11.8 Å². The fraction of sp³-hybridized carbons (Fsp3) is 0.467. The van der Waals surface area contributed by atoms with Crippen molar-refractivity contribution >= 4 is 29.3 Å². The number of amides is 2. The third-order valence-electron chi connectivity index (χ3n) is 3.60. The van der Waals surface area contributed by atoms with Crippen molar-refractivity contribution < 1.29 is 14.0 Å². The predicted molar refractivity (Wildman–Crippen MR) is 82.9 cm³/mol. The summed E-state index contributed by atoms with van der Waals surface area (Å²) in [6.07, 6.45) is 3.25. The second-order valence-electron chi connectivity index (χ2n) is 5.05. The minimum Gasteiger partial charge on any atom is -0.343 e. The predicted octanol–water partition coefficient (Wildman–Crippen LogP) is 2.19. The topological polar surface area (TPSA) is 49.4 Å². The Morgan fingerprint density at radius 2 is 2.29 bits per heavy atom. The molecule has 1 aromatic carbocycles. The molecule has 1 saturated heterocycles. The maximum absolute atomic E-state index is 13.3. The molecule has 21 heavy (non-hydrogen) atoms. The molecule has 0 saturated carbocycles. The molecule has 0 unspecified atom stereocenters. The fourth-order valence-corrected chi connectivity index (χ4v) is 2.59. The highest BCUT2D eigenvalue weighted by atomic mass is 32.2. The maximum Gasteiger partial charge on any atom is 0.249 e. The molecule has 2 rings (SSSR count). The van der Waals surface area contributed by atoms with E-state index in [-0.39, 0.29) is 22.9 Å². The zero-order valence-corrected chi connectivity index (χ0v) is 13.0. The van der Waals surface area contributed by atoms with Crippen molar-refractivity contribution in [1.29, 1.82) is 0 Å². The van der Waals surface area contributed by atoms with Crippen LogP contribution >= 0.6 is 11.8 Å². The van der Waals surface area contributed by atoms with Crippen LogP contribution in [0.15, 0.2) is 24.3 Å². The first-order chi connectivity index (χ1) is 10.0. The van der Waals surface area contributed by atoms with Crippen LogP contribution in [0.1, 0.15) is 19.8 Å². The van der Waals surface area contributed by atoms with Gasteiger partial charge in [-0.1, -0.05) is 6.07 Å². The lowest BCUT2D eigenvalue weighted by Crippen LogP contribution is -2.53. The summed E-state index contributed by atoms with van der Waals surface area (Å²) in [5.41, 5.74) is 0.539. The van der Waals surface area contributed by atoms with Crippen molar-refractivity contribution in [2.75, 3.05) is 17.7 Å². The molecule has 0 radical (unpaired) electrons. The molecule has 0 bridgehead atoms. The van der Waals surface area contributed by atoms with Gasteiger partial charge < -0.3 is 10.2 Å². The molecule has 1 aliphatic rings. The first-order valence-electron chi connectivity index (χ1n) is 6.93. The summed E-state index contributed by atoms with van der Waals surface area (Å²) < 4.78 is 13.3. The summed E-state index contributed by atoms with van der Waals surface area (Å²) >= 11 is 1.44. The Morgan fingerprint density at radius 3 is 2.95 bits per heavy atom. The molecule has 114 valence electrons. The van der Waals surface area contributed by atoms with Gasteiger partial charge in [0.2, 0.25) is 11.8 Å². The number of hydrogen-bond acceptors (Lipinski definition) is 3. The van der Waals surface area contributed by atoms with Crippen LogP contribution < -0.4 is 10.2 Å². The zero-order valence-electron chi connectivity index (χ0n) is 12.1. The van der Waals surface area contributed by atoms with Crippen LogP contribution in [0.2, 0.25) is 0 Å². The van der Waals surface area contributed by atoms with Gasteiger partial charge in [-0.15, -0.1) is 0 Å². The number of benzene rings is 1. The quantitative estimate of drug-likeness (QED) is 0.927. The highest BCUT2D eigenvalue weighted by Crippen LogP contribution is 2.22. The third-order valence-corrected chi connectivity index (χ3v) is 4.52. The van der Waals surface area contributed by atoms with Gasteiger partial charge >= 0.3 is 0 Å². The van der Waals surface area contributed by atoms with Crippen LogP contribution in [-0.4, -0.2) is 35.9 Å². The normalized spacial score (nSPS) is 20.2. The molecule has 2 atom stereocenters. The number of anilines is 1. The summed E-state index contributed by atoms with van der Waals surface area (Å²) in [6.45, 7) is 2.35. The van der Waals surface area contributed by atoms with E-state index in [9.17, 15) is 14.0 Å². The highest BCUT2D eigenvalue weighted by Gasteiger charge is 2.31. The highest BCUT2D eigenvalue weighted by molar-refractivity contribution is 7.99. The van der Waals surface area contributed by atoms with Crippen LogP contribution in [0, 0.1) is 5.82 Å². The molecule has 4 nitrogen and oxygen atoms in total. The molecule has 6 heteroatoms. The van der Waals surface area contributed by atoms with Gasteiger partial charge in [0, 0.05) is 12.2 Å². The Bertz CT molecular complexity index is 538. The molecular weight excluding hydrogens is 291 g/mol. The number of carbonyl (C=O) groups is 2. The lowest BCUT2D eigenvalue weighted by atomic mass is 10.0. The Morgan fingerprint density at radius 1 is 1.52 bits per heavy atom. The van der Waals surface area contributed by atoms with E-state index < -0.39 is 6.04 Å². The van der Waals surface area contributed by atoms with E-state index in [2.05, 4.69) is 5.32 Å². The van der Waals surface area contributed by atoms with E-state index in [0.29, 0.717) is 18.7 Å². The second-order valence-corrected chi connectivity index (χ2v) is 6.23. The number of thioether (sulfide) groups is 1. The van der Waals surface area contributed by atoms with E-state index >= 15 is 0 Å². The van der Waals surface area contributed by atoms with Gasteiger partial charge in [0.15, 0.2) is 0 Å². The van der Waals surface area contributed by atoms with Crippen LogP contribution in [-0.2, 0) is 9.59 Å². The van der Waals surface area contributed by atoms with Crippen molar-refractivity contribution in [1.82, 2.24) is 5.32 Å². The Labute approximate surface area is 128 Å². The summed E-state index contributed by atoms with van der Waals surface area (Å²) in [5.74, 6) is -0.682. The molecule has 0 aliphatic carbocycles. The maximum atomic E-state index is 13.3. The minimum atomic E-state index is -0.524. The molecule has 1 N–H and O–H groups in total. The van der Waals surface area contributed by atoms with Gasteiger partial charge in [0.1, 0.15) is 11.9 Å². The largest absolute Gasteiger partial charge is 0.343 e. The van der Waals surface area contributed by atoms with Crippen LogP contribution in [0.4, 0.5) is 10.1 Å². The average Bonchev–Trinajstić information content (AvgIpc) is 2.48. The number of nitrogens with one attached hydrogen (secondary N) is 1. The number of nitrogens with zero attached hydrogens (tertiary/aromatic N) is 1. The number of rotatable bonds is 4. The lowest BCUT2D eigenvalue weighted by molar-refractivity contribution is -0.128. The molecule has 0 spiro atoms. The van der Waals surface area contributed by atoms with Gasteiger partial charge in [0.05, 0.1) is 5.25 Å². The number of carbonyl (C=O) groups excluding carboxylic acids is 2. The molecule has 2 amide bonds. The van der Waals surface area contributed by atoms with Crippen LogP contribution in [0.25, 0.3) is 0 Å². The summed E-state index contributed by atoms with van der Waals surface area (Å²) in [4.78, 5) is 25.9. The SMILES string of the molecule is CS[C@@H](C)C(=O)N[C@@H]1CCCN(c2cccc(F)c2)C1=O. The minimum absolute atomic E-state index is 0.137. The molecular formula is C15H19FN2O2S. The van der Waals surface area contributed by atoms with Crippen LogP contribution in [0.5, 0.6) is 0 Å². The smallest absolute Gasteiger partial charge is 0.249 e. The Balaban J connectivity index is 2.09. The first kappa shape index (κ1) is 15.8. The second kappa shape index (κ2) is 6.93. The Kier molecular flexibility index (Phi) is 5.22. The summed E-state index contributed by atoms with van der Waals surface area (Å²) in [7, 11) is 0.